The molecule has 2 aromatic carbocycles. The van der Waals surface area contributed by atoms with Crippen LogP contribution in [0.15, 0.2) is 53.4 Å². The van der Waals surface area contributed by atoms with Gasteiger partial charge in [0.1, 0.15) is 17.3 Å². The second kappa shape index (κ2) is 14.4. The molecular formula is C26H38O7S. The van der Waals surface area contributed by atoms with E-state index in [2.05, 4.69) is 0 Å². The Bertz CT molecular complexity index is 937. The van der Waals surface area contributed by atoms with E-state index in [1.165, 1.54) is 0 Å². The summed E-state index contributed by atoms with van der Waals surface area (Å²) in [7, 11) is -2.37. The summed E-state index contributed by atoms with van der Waals surface area (Å²) in [4.78, 5) is 0.0440. The molecule has 8 heteroatoms. The quantitative estimate of drug-likeness (QED) is 0.253. The summed E-state index contributed by atoms with van der Waals surface area (Å²) in [5, 5.41) is 0. The first-order chi connectivity index (χ1) is 16.2. The van der Waals surface area contributed by atoms with Crippen molar-refractivity contribution in [1.82, 2.24) is 0 Å². The van der Waals surface area contributed by atoms with Gasteiger partial charge in [0.15, 0.2) is 0 Å². The average Bonchev–Trinajstić information content (AvgIpc) is 2.81. The number of methoxy groups -OCH3 is 1. The van der Waals surface area contributed by atoms with E-state index in [4.69, 9.17) is 23.1 Å². The molecule has 0 aliphatic carbocycles. The standard InChI is InChI=1S/C26H38O7S/c1-26(2,3)23-12-13-24(32-20-19-31-18-17-30-16-15-29-4)25(21-23)34(27,28)33-14-8-11-22-9-6-5-7-10-22/h5-7,9-10,12-13,21H,8,11,14-20H2,1-4H3. The van der Waals surface area contributed by atoms with E-state index in [1.807, 2.05) is 57.2 Å². The number of aryl methyl sites for hydroxylation is 1. The lowest BCUT2D eigenvalue weighted by Gasteiger charge is -2.21. The van der Waals surface area contributed by atoms with Crippen LogP contribution in [0.25, 0.3) is 0 Å². The van der Waals surface area contributed by atoms with Gasteiger partial charge in [-0.2, -0.15) is 8.42 Å². The van der Waals surface area contributed by atoms with Crippen molar-refractivity contribution in [3.8, 4) is 5.75 Å². The molecule has 0 spiro atoms. The van der Waals surface area contributed by atoms with Crippen LogP contribution in [-0.2, 0) is 40.3 Å². The zero-order valence-electron chi connectivity index (χ0n) is 20.7. The summed E-state index contributed by atoms with van der Waals surface area (Å²) in [5.74, 6) is 0.260. The molecular weight excluding hydrogens is 456 g/mol. The summed E-state index contributed by atoms with van der Waals surface area (Å²) in [6.07, 6.45) is 1.34. The average molecular weight is 495 g/mol. The highest BCUT2D eigenvalue weighted by molar-refractivity contribution is 7.86. The van der Waals surface area contributed by atoms with Gasteiger partial charge in [0, 0.05) is 7.11 Å². The third kappa shape index (κ3) is 10.1. The molecule has 0 radical (unpaired) electrons. The summed E-state index contributed by atoms with van der Waals surface area (Å²) < 4.78 is 53.0. The molecule has 0 aromatic heterocycles. The van der Waals surface area contributed by atoms with Crippen molar-refractivity contribution in [3.63, 3.8) is 0 Å². The maximum absolute atomic E-state index is 13.0. The Morgan fingerprint density at radius 2 is 1.44 bits per heavy atom. The highest BCUT2D eigenvalue weighted by Gasteiger charge is 2.24. The smallest absolute Gasteiger partial charge is 0.300 e. The molecule has 0 saturated heterocycles. The highest BCUT2D eigenvalue weighted by atomic mass is 32.2. The van der Waals surface area contributed by atoms with Crippen molar-refractivity contribution in [2.45, 2.75) is 43.9 Å². The Hall–Kier alpha value is -1.97. The van der Waals surface area contributed by atoms with Crippen LogP contribution in [0.1, 0.15) is 38.3 Å². The van der Waals surface area contributed by atoms with Crippen LogP contribution in [0.5, 0.6) is 5.75 Å². The Balaban J connectivity index is 1.94. The van der Waals surface area contributed by atoms with E-state index in [0.29, 0.717) is 39.5 Å². The van der Waals surface area contributed by atoms with Gasteiger partial charge >= 0.3 is 10.1 Å². The minimum Gasteiger partial charge on any atom is -0.490 e. The minimum absolute atomic E-state index is 0.0440. The second-order valence-electron chi connectivity index (χ2n) is 8.84. The number of hydrogen-bond acceptors (Lipinski definition) is 7. The molecule has 0 amide bonds. The molecule has 0 aliphatic rings. The molecule has 0 heterocycles. The Morgan fingerprint density at radius 1 is 0.794 bits per heavy atom. The lowest BCUT2D eigenvalue weighted by molar-refractivity contribution is 0.0177. The van der Waals surface area contributed by atoms with Gasteiger partial charge in [0.25, 0.3) is 0 Å². The Kier molecular flexibility index (Phi) is 12.0. The number of rotatable bonds is 16. The van der Waals surface area contributed by atoms with E-state index < -0.39 is 10.1 Å². The Morgan fingerprint density at radius 3 is 2.09 bits per heavy atom. The fourth-order valence-electron chi connectivity index (χ4n) is 3.12. The molecule has 0 fully saturated rings. The van der Waals surface area contributed by atoms with E-state index in [1.54, 1.807) is 19.2 Å². The van der Waals surface area contributed by atoms with Crippen molar-refractivity contribution in [2.75, 3.05) is 53.4 Å². The van der Waals surface area contributed by atoms with Gasteiger partial charge in [0.05, 0.1) is 39.6 Å². The van der Waals surface area contributed by atoms with Gasteiger partial charge < -0.3 is 18.9 Å². The third-order valence-electron chi connectivity index (χ3n) is 5.06. The van der Waals surface area contributed by atoms with Gasteiger partial charge in [0.2, 0.25) is 0 Å². The largest absolute Gasteiger partial charge is 0.490 e. The van der Waals surface area contributed by atoms with E-state index in [-0.39, 0.29) is 29.3 Å². The maximum atomic E-state index is 13.0. The molecule has 0 N–H and O–H groups in total. The van der Waals surface area contributed by atoms with Crippen LogP contribution in [0, 0.1) is 0 Å². The van der Waals surface area contributed by atoms with Crippen LogP contribution >= 0.6 is 0 Å². The van der Waals surface area contributed by atoms with Crippen molar-refractivity contribution in [1.29, 1.82) is 0 Å². The minimum atomic E-state index is -3.99. The van der Waals surface area contributed by atoms with Crippen molar-refractivity contribution in [2.24, 2.45) is 0 Å². The zero-order valence-corrected chi connectivity index (χ0v) is 21.6. The van der Waals surface area contributed by atoms with Gasteiger partial charge in [-0.3, -0.25) is 4.18 Å². The number of benzene rings is 2. The number of ether oxygens (including phenoxy) is 4. The van der Waals surface area contributed by atoms with Gasteiger partial charge in [-0.05, 0) is 41.5 Å². The van der Waals surface area contributed by atoms with Crippen LogP contribution in [-0.4, -0.2) is 61.8 Å². The fourth-order valence-corrected chi connectivity index (χ4v) is 4.23. The lowest BCUT2D eigenvalue weighted by Crippen LogP contribution is -2.16. The van der Waals surface area contributed by atoms with Crippen LogP contribution in [0.2, 0.25) is 0 Å². The molecule has 34 heavy (non-hydrogen) atoms. The summed E-state index contributed by atoms with van der Waals surface area (Å²) in [6, 6.07) is 15.1. The van der Waals surface area contributed by atoms with Crippen LogP contribution < -0.4 is 4.74 Å². The predicted molar refractivity (Wildman–Crippen MR) is 132 cm³/mol. The third-order valence-corrected chi connectivity index (χ3v) is 6.39. The van der Waals surface area contributed by atoms with Gasteiger partial charge in [-0.1, -0.05) is 57.2 Å². The topological polar surface area (TPSA) is 80.3 Å². The summed E-state index contributed by atoms with van der Waals surface area (Å²) >= 11 is 0. The van der Waals surface area contributed by atoms with Crippen molar-refractivity contribution in [3.05, 3.63) is 59.7 Å². The highest BCUT2D eigenvalue weighted by Crippen LogP contribution is 2.32. The lowest BCUT2D eigenvalue weighted by atomic mass is 9.87. The Labute approximate surface area is 204 Å². The first kappa shape index (κ1) is 28.3. The van der Waals surface area contributed by atoms with E-state index in [0.717, 1.165) is 17.5 Å². The molecule has 0 bridgehead atoms. The fraction of sp³-hybridized carbons (Fsp3) is 0.538. The molecule has 7 nitrogen and oxygen atoms in total. The molecule has 190 valence electrons. The molecule has 0 aliphatic heterocycles. The zero-order chi connectivity index (χ0) is 24.9. The summed E-state index contributed by atoms with van der Waals surface area (Å²) in [5.41, 5.74) is 1.81. The van der Waals surface area contributed by atoms with Crippen molar-refractivity contribution >= 4 is 10.1 Å². The normalized spacial score (nSPS) is 12.1. The van der Waals surface area contributed by atoms with Gasteiger partial charge in [-0.15, -0.1) is 0 Å². The van der Waals surface area contributed by atoms with Crippen LogP contribution in [0.3, 0.4) is 0 Å². The number of hydrogen-bond donors (Lipinski definition) is 0. The first-order valence-electron chi connectivity index (χ1n) is 11.6. The molecule has 2 aromatic rings. The monoisotopic (exact) mass is 494 g/mol. The van der Waals surface area contributed by atoms with E-state index in [9.17, 15) is 8.42 Å². The van der Waals surface area contributed by atoms with E-state index >= 15 is 0 Å². The maximum Gasteiger partial charge on any atom is 0.300 e. The SMILES string of the molecule is COCCOCCOCCOc1ccc(C(C)(C)C)cc1S(=O)(=O)OCCCc1ccccc1. The second-order valence-corrected chi connectivity index (χ2v) is 10.4. The van der Waals surface area contributed by atoms with Crippen LogP contribution in [0.4, 0.5) is 0 Å². The predicted octanol–water partition coefficient (Wildman–Crippen LogP) is 4.38. The molecule has 0 saturated carbocycles. The summed E-state index contributed by atoms with van der Waals surface area (Å²) in [6.45, 7) is 8.65. The molecule has 0 unspecified atom stereocenters. The first-order valence-corrected chi connectivity index (χ1v) is 13.0. The molecule has 0 atom stereocenters. The van der Waals surface area contributed by atoms with Gasteiger partial charge in [-0.25, -0.2) is 0 Å². The van der Waals surface area contributed by atoms with Crippen molar-refractivity contribution < 1.29 is 31.5 Å². The molecule has 2 rings (SSSR count).